The van der Waals surface area contributed by atoms with Crippen LogP contribution in [0.25, 0.3) is 0 Å². The third kappa shape index (κ3) is 4.46. The van der Waals surface area contributed by atoms with Crippen LogP contribution in [0.1, 0.15) is 51.4 Å². The van der Waals surface area contributed by atoms with Crippen LogP contribution in [-0.4, -0.2) is 48.3 Å². The summed E-state index contributed by atoms with van der Waals surface area (Å²) in [5.74, 6) is 0.750. The smallest absolute Gasteiger partial charge is 0.222 e. The maximum atomic E-state index is 12.2. The lowest BCUT2D eigenvalue weighted by Gasteiger charge is -2.36. The van der Waals surface area contributed by atoms with E-state index >= 15 is 0 Å². The first kappa shape index (κ1) is 14.8. The number of carbonyl (C=O) groups is 1. The van der Waals surface area contributed by atoms with Crippen molar-refractivity contribution in [2.45, 2.75) is 57.0 Å². The van der Waals surface area contributed by atoms with Gasteiger partial charge >= 0.3 is 0 Å². The van der Waals surface area contributed by atoms with E-state index in [2.05, 4.69) is 0 Å². The van der Waals surface area contributed by atoms with E-state index in [0.29, 0.717) is 44.9 Å². The average Bonchev–Trinajstić information content (AvgIpc) is 2.40. The number of nitrogens with zero attached hydrogens (tertiary/aromatic N) is 1. The first-order valence-electron chi connectivity index (χ1n) is 7.63. The van der Waals surface area contributed by atoms with Gasteiger partial charge in [-0.2, -0.15) is 0 Å². The van der Waals surface area contributed by atoms with E-state index < -0.39 is 5.60 Å². The van der Waals surface area contributed by atoms with E-state index in [9.17, 15) is 9.90 Å². The Morgan fingerprint density at radius 2 is 1.89 bits per heavy atom. The highest BCUT2D eigenvalue weighted by Gasteiger charge is 2.32. The molecule has 19 heavy (non-hydrogen) atoms. The monoisotopic (exact) mass is 269 g/mol. The van der Waals surface area contributed by atoms with Crippen LogP contribution in [0.15, 0.2) is 0 Å². The summed E-state index contributed by atoms with van der Waals surface area (Å²) in [7, 11) is 1.82. The largest absolute Gasteiger partial charge is 0.388 e. The molecule has 110 valence electrons. The van der Waals surface area contributed by atoms with E-state index in [1.807, 2.05) is 7.05 Å². The average molecular weight is 269 g/mol. The number of ether oxygens (including phenoxy) is 1. The Balaban J connectivity index is 1.77. The zero-order valence-corrected chi connectivity index (χ0v) is 12.1. The molecule has 0 atom stereocenters. The first-order valence-corrected chi connectivity index (χ1v) is 7.63. The van der Waals surface area contributed by atoms with Gasteiger partial charge in [0.25, 0.3) is 0 Å². The lowest BCUT2D eigenvalue weighted by molar-refractivity contribution is -0.137. The molecule has 1 saturated heterocycles. The van der Waals surface area contributed by atoms with Crippen molar-refractivity contribution in [1.29, 1.82) is 0 Å². The summed E-state index contributed by atoms with van der Waals surface area (Å²) in [6.45, 7) is 1.64. The molecule has 1 heterocycles. The molecule has 0 unspecified atom stereocenters. The molecular formula is C15H27NO3. The van der Waals surface area contributed by atoms with Gasteiger partial charge in [0, 0.05) is 46.1 Å². The topological polar surface area (TPSA) is 49.8 Å². The molecule has 1 N–H and O–H groups in total. The van der Waals surface area contributed by atoms with Crippen LogP contribution in [0.3, 0.4) is 0 Å². The Hall–Kier alpha value is -0.610. The minimum absolute atomic E-state index is 0.187. The second-order valence-corrected chi connectivity index (χ2v) is 6.29. The van der Waals surface area contributed by atoms with Crippen LogP contribution in [0.5, 0.6) is 0 Å². The Bertz CT molecular complexity index is 294. The minimum Gasteiger partial charge on any atom is -0.388 e. The highest BCUT2D eigenvalue weighted by Crippen LogP contribution is 2.27. The molecule has 0 bridgehead atoms. The summed E-state index contributed by atoms with van der Waals surface area (Å²) in [6.07, 6.45) is 8.16. The van der Waals surface area contributed by atoms with Crippen molar-refractivity contribution in [2.75, 3.05) is 26.8 Å². The fourth-order valence-corrected chi connectivity index (χ4v) is 3.23. The molecule has 4 nitrogen and oxygen atoms in total. The molecule has 2 aliphatic rings. The molecule has 0 aromatic heterocycles. The van der Waals surface area contributed by atoms with Crippen molar-refractivity contribution in [3.05, 3.63) is 0 Å². The van der Waals surface area contributed by atoms with Crippen molar-refractivity contribution < 1.29 is 14.6 Å². The molecule has 0 aromatic rings. The Morgan fingerprint density at radius 1 is 1.26 bits per heavy atom. The SMILES string of the molecule is CN(CC1(O)CCOCC1)C(=O)CC1CCCCC1. The van der Waals surface area contributed by atoms with Crippen molar-refractivity contribution in [3.8, 4) is 0 Å². The highest BCUT2D eigenvalue weighted by molar-refractivity contribution is 5.76. The molecular weight excluding hydrogens is 242 g/mol. The van der Waals surface area contributed by atoms with Gasteiger partial charge in [0.2, 0.25) is 5.91 Å². The van der Waals surface area contributed by atoms with Gasteiger partial charge in [0.1, 0.15) is 0 Å². The Kier molecular flexibility index (Phi) is 5.22. The molecule has 4 heteroatoms. The number of carbonyl (C=O) groups excluding carboxylic acids is 1. The molecule has 0 aromatic carbocycles. The van der Waals surface area contributed by atoms with E-state index in [1.54, 1.807) is 4.90 Å². The molecule has 2 fully saturated rings. The zero-order valence-electron chi connectivity index (χ0n) is 12.1. The molecule has 0 radical (unpaired) electrons. The van der Waals surface area contributed by atoms with Gasteiger partial charge in [-0.05, 0) is 18.8 Å². The summed E-state index contributed by atoms with van der Waals surface area (Å²) in [5.41, 5.74) is -0.741. The number of aliphatic hydroxyl groups is 1. The second kappa shape index (κ2) is 6.71. The van der Waals surface area contributed by atoms with Crippen LogP contribution < -0.4 is 0 Å². The Morgan fingerprint density at radius 3 is 2.53 bits per heavy atom. The summed E-state index contributed by atoms with van der Waals surface area (Å²) in [6, 6.07) is 0. The third-order valence-corrected chi connectivity index (χ3v) is 4.57. The van der Waals surface area contributed by atoms with Crippen LogP contribution in [-0.2, 0) is 9.53 Å². The quantitative estimate of drug-likeness (QED) is 0.848. The van der Waals surface area contributed by atoms with Crippen molar-refractivity contribution in [3.63, 3.8) is 0 Å². The first-order chi connectivity index (χ1) is 9.09. The normalized spacial score (nSPS) is 24.1. The molecule has 1 aliphatic heterocycles. The maximum absolute atomic E-state index is 12.2. The van der Waals surface area contributed by atoms with Gasteiger partial charge < -0.3 is 14.7 Å². The number of rotatable bonds is 4. The molecule has 0 spiro atoms. The van der Waals surface area contributed by atoms with E-state index in [4.69, 9.17) is 4.74 Å². The van der Waals surface area contributed by atoms with Crippen molar-refractivity contribution >= 4 is 5.91 Å². The molecule has 1 aliphatic carbocycles. The highest BCUT2D eigenvalue weighted by atomic mass is 16.5. The van der Waals surface area contributed by atoms with Crippen molar-refractivity contribution in [2.24, 2.45) is 5.92 Å². The lowest BCUT2D eigenvalue weighted by Crippen LogP contribution is -2.47. The number of amides is 1. The number of hydrogen-bond donors (Lipinski definition) is 1. The number of likely N-dealkylation sites (N-methyl/N-ethyl adjacent to an activating group) is 1. The third-order valence-electron chi connectivity index (χ3n) is 4.57. The van der Waals surface area contributed by atoms with Gasteiger partial charge in [0.05, 0.1) is 5.60 Å². The fourth-order valence-electron chi connectivity index (χ4n) is 3.23. The van der Waals surface area contributed by atoms with E-state index in [0.717, 1.165) is 0 Å². The Labute approximate surface area is 116 Å². The van der Waals surface area contributed by atoms with Gasteiger partial charge in [-0.3, -0.25) is 4.79 Å². The fraction of sp³-hybridized carbons (Fsp3) is 0.933. The molecule has 1 saturated carbocycles. The van der Waals surface area contributed by atoms with Crippen LogP contribution >= 0.6 is 0 Å². The predicted octanol–water partition coefficient (Wildman–Crippen LogP) is 1.96. The van der Waals surface area contributed by atoms with Crippen LogP contribution in [0.2, 0.25) is 0 Å². The summed E-state index contributed by atoms with van der Waals surface area (Å²) < 4.78 is 5.27. The minimum atomic E-state index is -0.741. The molecule has 1 amide bonds. The summed E-state index contributed by atoms with van der Waals surface area (Å²) in [5, 5.41) is 10.4. The van der Waals surface area contributed by atoms with E-state index in [1.165, 1.54) is 32.1 Å². The maximum Gasteiger partial charge on any atom is 0.222 e. The van der Waals surface area contributed by atoms with Gasteiger partial charge in [-0.25, -0.2) is 0 Å². The summed E-state index contributed by atoms with van der Waals surface area (Å²) >= 11 is 0. The molecule has 2 rings (SSSR count). The predicted molar refractivity (Wildman–Crippen MR) is 73.8 cm³/mol. The van der Waals surface area contributed by atoms with Crippen LogP contribution in [0, 0.1) is 5.92 Å². The van der Waals surface area contributed by atoms with Crippen LogP contribution in [0.4, 0.5) is 0 Å². The summed E-state index contributed by atoms with van der Waals surface area (Å²) in [4.78, 5) is 13.9. The van der Waals surface area contributed by atoms with E-state index in [-0.39, 0.29) is 5.91 Å². The lowest BCUT2D eigenvalue weighted by atomic mass is 9.86. The van der Waals surface area contributed by atoms with Gasteiger partial charge in [-0.1, -0.05) is 19.3 Å². The van der Waals surface area contributed by atoms with Gasteiger partial charge in [0.15, 0.2) is 0 Å². The van der Waals surface area contributed by atoms with Gasteiger partial charge in [-0.15, -0.1) is 0 Å². The van der Waals surface area contributed by atoms with Crippen molar-refractivity contribution in [1.82, 2.24) is 4.90 Å². The number of hydrogen-bond acceptors (Lipinski definition) is 3. The zero-order chi connectivity index (χ0) is 13.7. The second-order valence-electron chi connectivity index (χ2n) is 6.29. The standard InChI is InChI=1S/C15H27NO3/c1-16(12-15(18)7-9-19-10-8-15)14(17)11-13-5-3-2-4-6-13/h13,18H,2-12H2,1H3.